The minimum absolute atomic E-state index is 0.0627. The van der Waals surface area contributed by atoms with Crippen LogP contribution in [0.3, 0.4) is 0 Å². The van der Waals surface area contributed by atoms with Crippen molar-refractivity contribution >= 4 is 0 Å². The van der Waals surface area contributed by atoms with Crippen LogP contribution < -0.4 is 5.32 Å². The van der Waals surface area contributed by atoms with Gasteiger partial charge in [0.2, 0.25) is 0 Å². The molecule has 2 unspecified atom stereocenters. The first kappa shape index (κ1) is 11.5. The lowest BCUT2D eigenvalue weighted by atomic mass is 9.97. The monoisotopic (exact) mass is 197 g/mol. The highest BCUT2D eigenvalue weighted by Crippen LogP contribution is 2.24. The molecule has 0 radical (unpaired) electrons. The molecule has 2 atom stereocenters. The Kier molecular flexibility index (Phi) is 4.40. The second-order valence-electron chi connectivity index (χ2n) is 3.72. The predicted molar refractivity (Wildman–Crippen MR) is 55.9 cm³/mol. The molecule has 2 N–H and O–H groups in total. The maximum Gasteiger partial charge on any atom is 0.105 e. The predicted octanol–water partition coefficient (Wildman–Crippen LogP) is 0.529. The van der Waals surface area contributed by atoms with Crippen LogP contribution in [0.2, 0.25) is 0 Å². The van der Waals surface area contributed by atoms with Gasteiger partial charge in [-0.3, -0.25) is 0 Å². The van der Waals surface area contributed by atoms with Gasteiger partial charge in [0.15, 0.2) is 0 Å². The third-order valence-electron chi connectivity index (χ3n) is 2.69. The van der Waals surface area contributed by atoms with Crippen LogP contribution in [-0.4, -0.2) is 36.5 Å². The fourth-order valence-corrected chi connectivity index (χ4v) is 1.58. The molecule has 0 bridgehead atoms. The fourth-order valence-electron chi connectivity index (χ4n) is 1.58. The normalized spacial score (nSPS) is 31.2. The van der Waals surface area contributed by atoms with E-state index in [4.69, 9.17) is 4.74 Å². The summed E-state index contributed by atoms with van der Waals surface area (Å²) < 4.78 is 5.33. The Labute approximate surface area is 85.8 Å². The average Bonchev–Trinajstić information content (AvgIpc) is 2.47. The lowest BCUT2D eigenvalue weighted by Crippen LogP contribution is -2.46. The van der Waals surface area contributed by atoms with Gasteiger partial charge in [0.25, 0.3) is 0 Å². The van der Waals surface area contributed by atoms with Crippen LogP contribution >= 0.6 is 0 Å². The summed E-state index contributed by atoms with van der Waals surface area (Å²) in [5.74, 6) is 5.81. The molecule has 0 aromatic rings. The van der Waals surface area contributed by atoms with Gasteiger partial charge in [-0.05, 0) is 13.8 Å². The zero-order valence-electron chi connectivity index (χ0n) is 8.97. The van der Waals surface area contributed by atoms with Crippen LogP contribution in [0.4, 0.5) is 0 Å². The molecule has 80 valence electrons. The molecule has 0 saturated carbocycles. The summed E-state index contributed by atoms with van der Waals surface area (Å²) in [6.45, 7) is 5.84. The smallest absolute Gasteiger partial charge is 0.105 e. The van der Waals surface area contributed by atoms with E-state index in [1.807, 2.05) is 13.8 Å². The highest BCUT2D eigenvalue weighted by atomic mass is 16.5. The number of aliphatic hydroxyl groups is 1. The van der Waals surface area contributed by atoms with E-state index >= 15 is 0 Å². The molecule has 1 saturated heterocycles. The molecule has 1 rings (SSSR count). The highest BCUT2D eigenvalue weighted by molar-refractivity contribution is 4.96. The zero-order valence-corrected chi connectivity index (χ0v) is 8.97. The maximum absolute atomic E-state index is 10.1. The van der Waals surface area contributed by atoms with Crippen molar-refractivity contribution in [1.82, 2.24) is 5.32 Å². The molecule has 0 amide bonds. The van der Waals surface area contributed by atoms with Crippen molar-refractivity contribution in [2.45, 2.75) is 38.4 Å². The van der Waals surface area contributed by atoms with E-state index in [0.717, 1.165) is 19.4 Å². The third kappa shape index (κ3) is 2.98. The first-order valence-electron chi connectivity index (χ1n) is 5.13. The Balaban J connectivity index is 2.18. The summed E-state index contributed by atoms with van der Waals surface area (Å²) in [6.07, 6.45) is 1.50. The molecule has 1 fully saturated rings. The molecule has 0 aliphatic carbocycles. The quantitative estimate of drug-likeness (QED) is 0.510. The Bertz CT molecular complexity index is 231. The Morgan fingerprint density at radius 1 is 1.64 bits per heavy atom. The Morgan fingerprint density at radius 2 is 2.43 bits per heavy atom. The second kappa shape index (κ2) is 5.35. The fraction of sp³-hybridized carbons (Fsp3) is 0.818. The van der Waals surface area contributed by atoms with Crippen molar-refractivity contribution in [1.29, 1.82) is 0 Å². The first-order valence-corrected chi connectivity index (χ1v) is 5.13. The third-order valence-corrected chi connectivity index (χ3v) is 2.69. The minimum atomic E-state index is -0.681. The lowest BCUT2D eigenvalue weighted by molar-refractivity contribution is -0.0258. The Hall–Kier alpha value is -0.560. The lowest BCUT2D eigenvalue weighted by Gasteiger charge is -2.26. The first-order chi connectivity index (χ1) is 6.69. The van der Waals surface area contributed by atoms with Crippen LogP contribution in [-0.2, 0) is 4.74 Å². The zero-order chi connectivity index (χ0) is 10.4. The van der Waals surface area contributed by atoms with Gasteiger partial charge in [-0.25, -0.2) is 0 Å². The van der Waals surface area contributed by atoms with Gasteiger partial charge in [0.05, 0.1) is 6.10 Å². The molecule has 0 spiro atoms. The molecular weight excluding hydrogens is 178 g/mol. The number of rotatable bonds is 4. The summed E-state index contributed by atoms with van der Waals surface area (Å²) in [5, 5.41) is 13.3. The van der Waals surface area contributed by atoms with Crippen molar-refractivity contribution in [3.05, 3.63) is 0 Å². The van der Waals surface area contributed by atoms with Crippen LogP contribution in [0.25, 0.3) is 0 Å². The topological polar surface area (TPSA) is 41.5 Å². The van der Waals surface area contributed by atoms with Gasteiger partial charge >= 0.3 is 0 Å². The molecule has 0 aromatic heterocycles. The van der Waals surface area contributed by atoms with E-state index in [-0.39, 0.29) is 6.10 Å². The number of hydrogen-bond donors (Lipinski definition) is 2. The van der Waals surface area contributed by atoms with Gasteiger partial charge in [0.1, 0.15) is 5.60 Å². The van der Waals surface area contributed by atoms with Crippen molar-refractivity contribution in [2.75, 3.05) is 19.7 Å². The van der Waals surface area contributed by atoms with Crippen LogP contribution in [0, 0.1) is 11.8 Å². The Morgan fingerprint density at radius 3 is 3.00 bits per heavy atom. The van der Waals surface area contributed by atoms with Crippen molar-refractivity contribution < 1.29 is 9.84 Å². The van der Waals surface area contributed by atoms with Gasteiger partial charge in [-0.1, -0.05) is 0 Å². The maximum atomic E-state index is 10.1. The SMILES string of the molecule is CC#CCCNCC1(O)CCOC1C. The van der Waals surface area contributed by atoms with Gasteiger partial charge in [-0.15, -0.1) is 11.8 Å². The van der Waals surface area contributed by atoms with E-state index in [9.17, 15) is 5.11 Å². The van der Waals surface area contributed by atoms with Crippen molar-refractivity contribution in [3.8, 4) is 11.8 Å². The number of ether oxygens (including phenoxy) is 1. The summed E-state index contributed by atoms with van der Waals surface area (Å²) in [5.41, 5.74) is -0.681. The summed E-state index contributed by atoms with van der Waals surface area (Å²) in [4.78, 5) is 0. The largest absolute Gasteiger partial charge is 0.386 e. The number of nitrogens with one attached hydrogen (secondary N) is 1. The van der Waals surface area contributed by atoms with Crippen LogP contribution in [0.5, 0.6) is 0 Å². The standard InChI is InChI=1S/C11H19NO2/c1-3-4-5-7-12-9-11(13)6-8-14-10(11)2/h10,12-13H,5-9H2,1-2H3. The average molecular weight is 197 g/mol. The van der Waals surface area contributed by atoms with Crippen LogP contribution in [0.15, 0.2) is 0 Å². The van der Waals surface area contributed by atoms with E-state index in [2.05, 4.69) is 17.2 Å². The van der Waals surface area contributed by atoms with Crippen molar-refractivity contribution in [3.63, 3.8) is 0 Å². The molecule has 1 aliphatic rings. The van der Waals surface area contributed by atoms with E-state index in [1.165, 1.54) is 0 Å². The summed E-state index contributed by atoms with van der Waals surface area (Å²) >= 11 is 0. The molecule has 0 aromatic carbocycles. The molecular formula is C11H19NO2. The van der Waals surface area contributed by atoms with Gasteiger partial charge < -0.3 is 15.2 Å². The highest BCUT2D eigenvalue weighted by Gasteiger charge is 2.38. The minimum Gasteiger partial charge on any atom is -0.386 e. The number of hydrogen-bond acceptors (Lipinski definition) is 3. The van der Waals surface area contributed by atoms with Crippen LogP contribution in [0.1, 0.15) is 26.7 Å². The van der Waals surface area contributed by atoms with Crippen molar-refractivity contribution in [2.24, 2.45) is 0 Å². The van der Waals surface area contributed by atoms with Gasteiger partial charge in [0, 0.05) is 32.5 Å². The summed E-state index contributed by atoms with van der Waals surface area (Å²) in [6, 6.07) is 0. The molecule has 1 heterocycles. The van der Waals surface area contributed by atoms with E-state index in [1.54, 1.807) is 0 Å². The van der Waals surface area contributed by atoms with Gasteiger partial charge in [-0.2, -0.15) is 0 Å². The second-order valence-corrected chi connectivity index (χ2v) is 3.72. The molecule has 3 nitrogen and oxygen atoms in total. The van der Waals surface area contributed by atoms with E-state index in [0.29, 0.717) is 13.2 Å². The molecule has 14 heavy (non-hydrogen) atoms. The van der Waals surface area contributed by atoms with E-state index < -0.39 is 5.60 Å². The molecule has 3 heteroatoms. The molecule has 1 aliphatic heterocycles. The summed E-state index contributed by atoms with van der Waals surface area (Å²) in [7, 11) is 0.